The highest BCUT2D eigenvalue weighted by atomic mass is 32.2. The average Bonchev–Trinajstić information content (AvgIpc) is 2.53. The Morgan fingerprint density at radius 2 is 2.13 bits per heavy atom. The number of esters is 1. The van der Waals surface area contributed by atoms with E-state index < -0.39 is 12.0 Å². The van der Waals surface area contributed by atoms with Gasteiger partial charge in [0.15, 0.2) is 0 Å². The summed E-state index contributed by atoms with van der Waals surface area (Å²) in [4.78, 5) is 25.7. The fourth-order valence-electron chi connectivity index (χ4n) is 2.42. The van der Waals surface area contributed by atoms with Crippen molar-refractivity contribution in [2.45, 2.75) is 37.9 Å². The number of rotatable bonds is 4. The number of aliphatic imine (C=N–C) groups is 2. The van der Waals surface area contributed by atoms with E-state index in [9.17, 15) is 4.79 Å². The first-order valence-electron chi connectivity index (χ1n) is 7.34. The molecule has 0 aliphatic carbocycles. The van der Waals surface area contributed by atoms with Gasteiger partial charge in [-0.25, -0.2) is 15.0 Å². The molecule has 0 saturated carbocycles. The predicted octanol–water partition coefficient (Wildman–Crippen LogP) is 2.89. The molecule has 1 aliphatic rings. The molecule has 2 heterocycles. The van der Waals surface area contributed by atoms with Crippen LogP contribution in [0.25, 0.3) is 0 Å². The van der Waals surface area contributed by atoms with Crippen LogP contribution in [0.1, 0.15) is 32.4 Å². The van der Waals surface area contributed by atoms with Crippen LogP contribution in [0.15, 0.2) is 33.3 Å². The summed E-state index contributed by atoms with van der Waals surface area (Å²) < 4.78 is 10.6. The molecule has 2 rings (SSSR count). The number of hydrogen-bond acceptors (Lipinski definition) is 7. The quantitative estimate of drug-likeness (QED) is 0.625. The van der Waals surface area contributed by atoms with Gasteiger partial charge in [0.2, 0.25) is 0 Å². The number of ether oxygens (including phenoxy) is 2. The molecule has 124 valence electrons. The third-order valence-electron chi connectivity index (χ3n) is 3.39. The Hall–Kier alpha value is -1.89. The minimum absolute atomic E-state index is 0.197. The number of methoxy groups -OCH3 is 1. The summed E-state index contributed by atoms with van der Waals surface area (Å²) >= 11 is 1.51. The largest absolute Gasteiger partial charge is 0.467 e. The van der Waals surface area contributed by atoms with Crippen LogP contribution >= 0.6 is 11.8 Å². The Balaban J connectivity index is 2.48. The molecule has 0 radical (unpaired) electrons. The van der Waals surface area contributed by atoms with Crippen LogP contribution < -0.4 is 0 Å². The molecule has 2 atom stereocenters. The topological polar surface area (TPSA) is 73.1 Å². The number of pyridine rings is 1. The van der Waals surface area contributed by atoms with E-state index in [1.54, 1.807) is 13.1 Å². The zero-order valence-electron chi connectivity index (χ0n) is 13.9. The molecule has 0 bridgehead atoms. The van der Waals surface area contributed by atoms with Gasteiger partial charge in [-0.3, -0.25) is 4.79 Å². The van der Waals surface area contributed by atoms with Crippen LogP contribution in [0.4, 0.5) is 0 Å². The van der Waals surface area contributed by atoms with Gasteiger partial charge in [0.25, 0.3) is 0 Å². The summed E-state index contributed by atoms with van der Waals surface area (Å²) in [7, 11) is 1.51. The molecule has 23 heavy (non-hydrogen) atoms. The van der Waals surface area contributed by atoms with Crippen molar-refractivity contribution >= 4 is 29.5 Å². The van der Waals surface area contributed by atoms with Crippen LogP contribution in [0.2, 0.25) is 0 Å². The molecule has 2 unspecified atom stereocenters. The highest BCUT2D eigenvalue weighted by Gasteiger charge is 2.38. The van der Waals surface area contributed by atoms with Gasteiger partial charge in [0.05, 0.1) is 13.2 Å². The molecular weight excluding hydrogens is 314 g/mol. The lowest BCUT2D eigenvalue weighted by molar-refractivity contribution is -0.150. The molecule has 1 aliphatic heterocycles. The van der Waals surface area contributed by atoms with Crippen molar-refractivity contribution in [1.29, 1.82) is 0 Å². The second-order valence-corrected chi connectivity index (χ2v) is 6.17. The van der Waals surface area contributed by atoms with Gasteiger partial charge >= 0.3 is 12.0 Å². The molecule has 0 spiro atoms. The van der Waals surface area contributed by atoms with Crippen molar-refractivity contribution in [1.82, 2.24) is 4.98 Å². The van der Waals surface area contributed by atoms with Gasteiger partial charge in [-0.1, -0.05) is 6.07 Å². The molecule has 6 nitrogen and oxygen atoms in total. The SMILES string of the molecule is COC1=NC(c2cccnc2SC)C(C(=O)OC(C)C)C(C)=N1. The second-order valence-electron chi connectivity index (χ2n) is 5.38. The Labute approximate surface area is 140 Å². The molecule has 1 aromatic heterocycles. The second kappa shape index (κ2) is 7.59. The lowest BCUT2D eigenvalue weighted by Gasteiger charge is -2.27. The highest BCUT2D eigenvalue weighted by molar-refractivity contribution is 7.98. The number of thioether (sulfide) groups is 1. The maximum absolute atomic E-state index is 12.6. The molecule has 1 aromatic rings. The summed E-state index contributed by atoms with van der Waals surface area (Å²) in [6, 6.07) is 3.57. The van der Waals surface area contributed by atoms with E-state index in [0.29, 0.717) is 5.71 Å². The average molecular weight is 335 g/mol. The van der Waals surface area contributed by atoms with Gasteiger partial charge < -0.3 is 9.47 Å². The molecule has 0 aromatic carbocycles. The lowest BCUT2D eigenvalue weighted by atomic mass is 9.89. The fourth-order valence-corrected chi connectivity index (χ4v) is 3.01. The van der Waals surface area contributed by atoms with Gasteiger partial charge in [0.1, 0.15) is 17.0 Å². The van der Waals surface area contributed by atoms with E-state index >= 15 is 0 Å². The summed E-state index contributed by atoms with van der Waals surface area (Å²) in [6.07, 6.45) is 3.47. The number of amidine groups is 1. The Bertz CT molecular complexity index is 643. The number of carbonyl (C=O) groups excluding carboxylic acids is 1. The minimum Gasteiger partial charge on any atom is -0.467 e. The number of aromatic nitrogens is 1. The predicted molar refractivity (Wildman–Crippen MR) is 91.0 cm³/mol. The molecule has 0 saturated heterocycles. The third kappa shape index (κ3) is 3.90. The molecule has 0 amide bonds. The highest BCUT2D eigenvalue weighted by Crippen LogP contribution is 2.36. The normalized spacial score (nSPS) is 20.8. The zero-order chi connectivity index (χ0) is 17.0. The van der Waals surface area contributed by atoms with Crippen LogP contribution in [0, 0.1) is 5.92 Å². The first-order valence-corrected chi connectivity index (χ1v) is 8.56. The summed E-state index contributed by atoms with van der Waals surface area (Å²) in [5.41, 5.74) is 1.50. The van der Waals surface area contributed by atoms with E-state index in [-0.39, 0.29) is 18.1 Å². The van der Waals surface area contributed by atoms with Crippen LogP contribution in [0.5, 0.6) is 0 Å². The summed E-state index contributed by atoms with van der Waals surface area (Å²) in [6.45, 7) is 5.44. The Morgan fingerprint density at radius 3 is 2.74 bits per heavy atom. The Kier molecular flexibility index (Phi) is 5.76. The molecule has 0 fully saturated rings. The van der Waals surface area contributed by atoms with E-state index in [0.717, 1.165) is 10.6 Å². The first kappa shape index (κ1) is 17.5. The maximum atomic E-state index is 12.6. The lowest BCUT2D eigenvalue weighted by Crippen LogP contribution is -2.35. The molecule has 7 heteroatoms. The number of nitrogens with zero attached hydrogens (tertiary/aromatic N) is 3. The minimum atomic E-state index is -0.577. The van der Waals surface area contributed by atoms with E-state index in [1.165, 1.54) is 18.9 Å². The van der Waals surface area contributed by atoms with Crippen LogP contribution in [0.3, 0.4) is 0 Å². The smallest absolute Gasteiger partial charge is 0.317 e. The third-order valence-corrected chi connectivity index (χ3v) is 4.12. The van der Waals surface area contributed by atoms with Gasteiger partial charge in [-0.05, 0) is 33.1 Å². The van der Waals surface area contributed by atoms with Gasteiger partial charge in [0, 0.05) is 17.5 Å². The number of carbonyl (C=O) groups is 1. The van der Waals surface area contributed by atoms with Crippen molar-refractivity contribution in [2.24, 2.45) is 15.9 Å². The standard InChI is InChI=1S/C16H21N3O3S/c1-9(2)22-15(20)12-10(3)18-16(21-4)19-13(12)11-7-6-8-17-14(11)23-5/h6-9,12-13H,1-5H3. The number of hydrogen-bond donors (Lipinski definition) is 0. The van der Waals surface area contributed by atoms with Crippen LogP contribution in [-0.4, -0.2) is 42.2 Å². The maximum Gasteiger partial charge on any atom is 0.317 e. The molecule has 0 N–H and O–H groups in total. The first-order chi connectivity index (χ1) is 11.0. The van der Waals surface area contributed by atoms with Crippen molar-refractivity contribution in [2.75, 3.05) is 13.4 Å². The zero-order valence-corrected chi connectivity index (χ0v) is 14.8. The van der Waals surface area contributed by atoms with Crippen molar-refractivity contribution < 1.29 is 14.3 Å². The van der Waals surface area contributed by atoms with Crippen LogP contribution in [-0.2, 0) is 14.3 Å². The van der Waals surface area contributed by atoms with E-state index in [4.69, 9.17) is 9.47 Å². The summed E-state index contributed by atoms with van der Waals surface area (Å²) in [5.74, 6) is -0.910. The van der Waals surface area contributed by atoms with Crippen molar-refractivity contribution in [3.8, 4) is 0 Å². The molecular formula is C16H21N3O3S. The fraction of sp³-hybridized carbons (Fsp3) is 0.500. The van der Waals surface area contributed by atoms with E-state index in [2.05, 4.69) is 15.0 Å². The van der Waals surface area contributed by atoms with E-state index in [1.807, 2.05) is 32.2 Å². The van der Waals surface area contributed by atoms with Gasteiger partial charge in [-0.2, -0.15) is 0 Å². The van der Waals surface area contributed by atoms with Crippen molar-refractivity contribution in [3.63, 3.8) is 0 Å². The van der Waals surface area contributed by atoms with Crippen molar-refractivity contribution in [3.05, 3.63) is 23.9 Å². The monoisotopic (exact) mass is 335 g/mol. The Morgan fingerprint density at radius 1 is 1.39 bits per heavy atom. The van der Waals surface area contributed by atoms with Gasteiger partial charge in [-0.15, -0.1) is 11.8 Å². The summed E-state index contributed by atoms with van der Waals surface area (Å²) in [5, 5.41) is 0.828.